The molecule has 2 N–H and O–H groups in total. The number of H-pyrrole nitrogens is 1. The van der Waals surface area contributed by atoms with Crippen molar-refractivity contribution in [3.8, 4) is 0 Å². The lowest BCUT2D eigenvalue weighted by atomic mass is 9.96. The summed E-state index contributed by atoms with van der Waals surface area (Å²) in [7, 11) is 0. The van der Waals surface area contributed by atoms with Crippen molar-refractivity contribution in [3.05, 3.63) is 59.4 Å². The van der Waals surface area contributed by atoms with Gasteiger partial charge in [0, 0.05) is 38.5 Å². The van der Waals surface area contributed by atoms with Crippen molar-refractivity contribution in [2.75, 3.05) is 0 Å². The third-order valence-electron chi connectivity index (χ3n) is 4.17. The molecule has 1 aliphatic carbocycles. The number of fused-ring (bicyclic) bond motifs is 1. The molecule has 24 heavy (non-hydrogen) atoms. The van der Waals surface area contributed by atoms with Gasteiger partial charge in [0.2, 0.25) is 0 Å². The Hall–Kier alpha value is -2.04. The van der Waals surface area contributed by atoms with Crippen molar-refractivity contribution in [1.82, 2.24) is 9.97 Å². The molecular formula is C19H16ClN3S. The summed E-state index contributed by atoms with van der Waals surface area (Å²) < 4.78 is 0. The van der Waals surface area contributed by atoms with Crippen LogP contribution in [0.15, 0.2) is 58.5 Å². The quantitative estimate of drug-likeness (QED) is 0.610. The Bertz CT molecular complexity index is 941. The molecule has 0 aliphatic heterocycles. The largest absolute Gasteiger partial charge is 0.339 e. The van der Waals surface area contributed by atoms with Gasteiger partial charge in [-0.05, 0) is 54.8 Å². The first-order valence-corrected chi connectivity index (χ1v) is 9.06. The molecule has 0 radical (unpaired) electrons. The van der Waals surface area contributed by atoms with Gasteiger partial charge >= 0.3 is 0 Å². The van der Waals surface area contributed by atoms with E-state index in [4.69, 9.17) is 17.0 Å². The number of nitrogens with zero attached hydrogens (tertiary/aromatic N) is 1. The van der Waals surface area contributed by atoms with E-state index in [-0.39, 0.29) is 0 Å². The van der Waals surface area contributed by atoms with Crippen LogP contribution in [-0.2, 0) is 0 Å². The van der Waals surface area contributed by atoms with Crippen molar-refractivity contribution in [3.63, 3.8) is 0 Å². The maximum Gasteiger partial charge on any atom is 0.138 e. The topological polar surface area (TPSA) is 52.5 Å². The number of halogens is 1. The Morgan fingerprint density at radius 3 is 2.71 bits per heavy atom. The number of benzene rings is 1. The maximum atomic E-state index is 7.82. The van der Waals surface area contributed by atoms with Crippen LogP contribution in [0.2, 0.25) is 5.02 Å². The molecule has 1 aliphatic rings. The van der Waals surface area contributed by atoms with Crippen LogP contribution in [0.4, 0.5) is 0 Å². The number of hydrogen-bond acceptors (Lipinski definition) is 3. The molecule has 3 nitrogen and oxygen atoms in total. The van der Waals surface area contributed by atoms with Crippen LogP contribution in [0.5, 0.6) is 0 Å². The molecule has 2 aromatic heterocycles. The Balaban J connectivity index is 1.81. The fraction of sp³-hybridized carbons (Fsp3) is 0.158. The summed E-state index contributed by atoms with van der Waals surface area (Å²) in [4.78, 5) is 10.3. The first-order valence-electron chi connectivity index (χ1n) is 7.86. The summed E-state index contributed by atoms with van der Waals surface area (Å²) in [5, 5.41) is 9.69. The van der Waals surface area contributed by atoms with E-state index >= 15 is 0 Å². The van der Waals surface area contributed by atoms with Gasteiger partial charge in [-0.1, -0.05) is 29.4 Å². The van der Waals surface area contributed by atoms with Crippen molar-refractivity contribution in [2.24, 2.45) is 0 Å². The Morgan fingerprint density at radius 2 is 1.96 bits per heavy atom. The minimum atomic E-state index is 0.739. The molecule has 0 amide bonds. The predicted molar refractivity (Wildman–Crippen MR) is 101 cm³/mol. The van der Waals surface area contributed by atoms with Gasteiger partial charge in [-0.3, -0.25) is 0 Å². The summed E-state index contributed by atoms with van der Waals surface area (Å²) in [5.41, 5.74) is 4.13. The second-order valence-corrected chi connectivity index (χ2v) is 7.34. The van der Waals surface area contributed by atoms with Gasteiger partial charge in [-0.25, -0.2) is 4.98 Å². The summed E-state index contributed by atoms with van der Waals surface area (Å²) >= 11 is 7.73. The molecule has 3 aromatic rings. The fourth-order valence-electron chi connectivity index (χ4n) is 2.91. The Kier molecular flexibility index (Phi) is 4.17. The second-order valence-electron chi connectivity index (χ2n) is 5.82. The predicted octanol–water partition coefficient (Wildman–Crippen LogP) is 5.95. The van der Waals surface area contributed by atoms with Crippen LogP contribution in [0.25, 0.3) is 16.6 Å². The summed E-state index contributed by atoms with van der Waals surface area (Å²) in [6.45, 7) is 0. The minimum absolute atomic E-state index is 0.739. The van der Waals surface area contributed by atoms with E-state index in [1.54, 1.807) is 11.8 Å². The maximum absolute atomic E-state index is 7.82. The molecule has 0 saturated carbocycles. The van der Waals surface area contributed by atoms with E-state index in [0.717, 1.165) is 51.6 Å². The SMILES string of the molecule is N=C1CC=C(c2[nH]c3ncccc3c2Sc2ccc(Cl)cc2)CC1. The minimum Gasteiger partial charge on any atom is -0.339 e. The zero-order valence-corrected chi connectivity index (χ0v) is 14.5. The number of aromatic nitrogens is 2. The van der Waals surface area contributed by atoms with Gasteiger partial charge in [-0.2, -0.15) is 0 Å². The van der Waals surface area contributed by atoms with Crippen LogP contribution in [-0.4, -0.2) is 15.7 Å². The van der Waals surface area contributed by atoms with Gasteiger partial charge in [0.15, 0.2) is 0 Å². The van der Waals surface area contributed by atoms with Gasteiger partial charge in [0.1, 0.15) is 5.65 Å². The summed E-state index contributed by atoms with van der Waals surface area (Å²) in [6.07, 6.45) is 6.45. The molecule has 1 aromatic carbocycles. The van der Waals surface area contributed by atoms with E-state index in [2.05, 4.69) is 22.1 Å². The molecule has 0 atom stereocenters. The molecule has 0 fully saturated rings. The van der Waals surface area contributed by atoms with E-state index in [1.165, 1.54) is 10.5 Å². The zero-order valence-electron chi connectivity index (χ0n) is 13.0. The van der Waals surface area contributed by atoms with E-state index in [0.29, 0.717) is 0 Å². The average molecular weight is 354 g/mol. The molecule has 0 spiro atoms. The van der Waals surface area contributed by atoms with Crippen LogP contribution in [0, 0.1) is 5.41 Å². The Morgan fingerprint density at radius 1 is 1.12 bits per heavy atom. The van der Waals surface area contributed by atoms with Crippen molar-refractivity contribution in [2.45, 2.75) is 29.1 Å². The van der Waals surface area contributed by atoms with Crippen molar-refractivity contribution >= 4 is 45.7 Å². The highest BCUT2D eigenvalue weighted by Crippen LogP contribution is 2.41. The molecule has 4 rings (SSSR count). The number of hydrogen-bond donors (Lipinski definition) is 2. The highest BCUT2D eigenvalue weighted by atomic mass is 35.5. The number of rotatable bonds is 3. The standard InChI is InChI=1S/C19H16ClN3S/c20-13-5-9-15(10-6-13)24-18-16-2-1-11-22-19(16)23-17(18)12-3-7-14(21)8-4-12/h1-3,5-6,9-11,21H,4,7-8H2,(H,22,23). The second kappa shape index (κ2) is 6.46. The first kappa shape index (κ1) is 15.5. The van der Waals surface area contributed by atoms with Crippen LogP contribution < -0.4 is 0 Å². The molecule has 5 heteroatoms. The summed E-state index contributed by atoms with van der Waals surface area (Å²) in [5.74, 6) is 0. The third kappa shape index (κ3) is 2.99. The fourth-order valence-corrected chi connectivity index (χ4v) is 4.11. The van der Waals surface area contributed by atoms with Gasteiger partial charge in [0.25, 0.3) is 0 Å². The highest BCUT2D eigenvalue weighted by Gasteiger charge is 2.19. The molecule has 0 saturated heterocycles. The monoisotopic (exact) mass is 353 g/mol. The average Bonchev–Trinajstić information content (AvgIpc) is 2.96. The van der Waals surface area contributed by atoms with Crippen LogP contribution >= 0.6 is 23.4 Å². The molecular weight excluding hydrogens is 338 g/mol. The zero-order chi connectivity index (χ0) is 16.5. The number of pyridine rings is 1. The third-order valence-corrected chi connectivity index (χ3v) is 5.56. The van der Waals surface area contributed by atoms with E-state index in [1.807, 2.05) is 36.5 Å². The Labute approximate surface area is 149 Å². The van der Waals surface area contributed by atoms with Crippen molar-refractivity contribution < 1.29 is 0 Å². The van der Waals surface area contributed by atoms with Crippen molar-refractivity contribution in [1.29, 1.82) is 5.41 Å². The normalized spacial score (nSPS) is 14.9. The number of allylic oxidation sites excluding steroid dienone is 2. The first-order chi connectivity index (χ1) is 11.7. The van der Waals surface area contributed by atoms with Crippen LogP contribution in [0.1, 0.15) is 25.0 Å². The van der Waals surface area contributed by atoms with Gasteiger partial charge in [-0.15, -0.1) is 0 Å². The lowest BCUT2D eigenvalue weighted by molar-refractivity contribution is 1.02. The van der Waals surface area contributed by atoms with E-state index < -0.39 is 0 Å². The number of nitrogens with one attached hydrogen (secondary N) is 2. The lowest BCUT2D eigenvalue weighted by Crippen LogP contribution is -2.03. The van der Waals surface area contributed by atoms with Gasteiger partial charge in [0.05, 0.1) is 5.69 Å². The molecule has 120 valence electrons. The summed E-state index contributed by atoms with van der Waals surface area (Å²) in [6, 6.07) is 12.0. The smallest absolute Gasteiger partial charge is 0.138 e. The molecule has 0 bridgehead atoms. The molecule has 0 unspecified atom stereocenters. The number of aromatic amines is 1. The lowest BCUT2D eigenvalue weighted by Gasteiger charge is -2.14. The highest BCUT2D eigenvalue weighted by molar-refractivity contribution is 7.99. The van der Waals surface area contributed by atoms with Gasteiger partial charge < -0.3 is 10.4 Å². The molecule has 2 heterocycles. The van der Waals surface area contributed by atoms with E-state index in [9.17, 15) is 0 Å². The van der Waals surface area contributed by atoms with Crippen LogP contribution in [0.3, 0.4) is 0 Å².